The number of hydrogen-bond acceptors (Lipinski definition) is 7. The lowest BCUT2D eigenvalue weighted by molar-refractivity contribution is 0.373. The second kappa shape index (κ2) is 8.58. The number of anilines is 2. The number of piperidine rings is 1. The maximum atomic E-state index is 6.02. The smallest absolute Gasteiger partial charge is 0.322 e. The first-order chi connectivity index (χ1) is 15.5. The maximum absolute atomic E-state index is 6.02. The van der Waals surface area contributed by atoms with Gasteiger partial charge in [-0.2, -0.15) is 4.98 Å². The van der Waals surface area contributed by atoms with E-state index in [1.54, 1.807) is 18.5 Å². The minimum atomic E-state index is 0.125. The van der Waals surface area contributed by atoms with Gasteiger partial charge in [0.25, 0.3) is 0 Å². The Morgan fingerprint density at radius 1 is 1.09 bits per heavy atom. The van der Waals surface area contributed by atoms with Crippen molar-refractivity contribution < 1.29 is 4.74 Å². The third kappa shape index (κ3) is 4.24. The highest BCUT2D eigenvalue weighted by molar-refractivity contribution is 6.30. The van der Waals surface area contributed by atoms with Gasteiger partial charge in [-0.25, -0.2) is 14.6 Å². The highest BCUT2D eigenvalue weighted by Gasteiger charge is 2.43. The summed E-state index contributed by atoms with van der Waals surface area (Å²) in [7, 11) is 0. The van der Waals surface area contributed by atoms with Crippen molar-refractivity contribution in [3.63, 3.8) is 0 Å². The first-order valence-corrected chi connectivity index (χ1v) is 11.5. The van der Waals surface area contributed by atoms with Crippen LogP contribution in [0.1, 0.15) is 38.4 Å². The molecular formula is C23H28ClN7O. The molecule has 2 fully saturated rings. The van der Waals surface area contributed by atoms with Crippen LogP contribution in [-0.4, -0.2) is 43.9 Å². The largest absolute Gasteiger partial charge is 0.424 e. The maximum Gasteiger partial charge on any atom is 0.322 e. The van der Waals surface area contributed by atoms with E-state index >= 15 is 0 Å². The van der Waals surface area contributed by atoms with Gasteiger partial charge < -0.3 is 15.0 Å². The van der Waals surface area contributed by atoms with Gasteiger partial charge in [-0.1, -0.05) is 11.6 Å². The molecule has 5 rings (SSSR count). The molecule has 1 saturated carbocycles. The van der Waals surface area contributed by atoms with Crippen LogP contribution in [0.5, 0.6) is 11.8 Å². The van der Waals surface area contributed by atoms with Gasteiger partial charge in [0.2, 0.25) is 5.95 Å². The van der Waals surface area contributed by atoms with Crippen molar-refractivity contribution >= 4 is 23.4 Å². The lowest BCUT2D eigenvalue weighted by Gasteiger charge is -2.38. The molecule has 2 aliphatic rings. The Bertz CT molecular complexity index is 1070. The number of aromatic nitrogens is 5. The summed E-state index contributed by atoms with van der Waals surface area (Å²) >= 11 is 5.99. The van der Waals surface area contributed by atoms with Gasteiger partial charge in [0, 0.05) is 35.9 Å². The molecule has 9 heteroatoms. The summed E-state index contributed by atoms with van der Waals surface area (Å²) in [6.07, 6.45) is 4.05. The van der Waals surface area contributed by atoms with Crippen molar-refractivity contribution in [3.05, 3.63) is 47.4 Å². The summed E-state index contributed by atoms with van der Waals surface area (Å²) in [5, 5.41) is 9.02. The van der Waals surface area contributed by atoms with E-state index < -0.39 is 0 Å². The van der Waals surface area contributed by atoms with Crippen LogP contribution in [0.2, 0.25) is 5.02 Å². The average molecular weight is 454 g/mol. The molecule has 0 radical (unpaired) electrons. The predicted molar refractivity (Wildman–Crippen MR) is 125 cm³/mol. The van der Waals surface area contributed by atoms with Gasteiger partial charge in [-0.3, -0.25) is 0 Å². The summed E-state index contributed by atoms with van der Waals surface area (Å²) in [6, 6.07) is 10.3. The topological polar surface area (TPSA) is 81.0 Å². The SMILES string of the molecule is Cc1cc(N2C[C@H]3CC[C@@H](C2)C3Nc2nc(Oc3ccc(Cl)cc3)n(C(C)C)n2)ncn1. The highest BCUT2D eigenvalue weighted by Crippen LogP contribution is 2.40. The van der Waals surface area contributed by atoms with E-state index in [1.807, 2.05) is 23.7 Å². The van der Waals surface area contributed by atoms with Crippen LogP contribution in [0, 0.1) is 18.8 Å². The predicted octanol–water partition coefficient (Wildman–Crippen LogP) is 4.73. The molecule has 1 aliphatic carbocycles. The van der Waals surface area contributed by atoms with Crippen molar-refractivity contribution in [3.8, 4) is 11.8 Å². The molecule has 8 nitrogen and oxygen atoms in total. The minimum absolute atomic E-state index is 0.125. The quantitative estimate of drug-likeness (QED) is 0.577. The monoisotopic (exact) mass is 453 g/mol. The Balaban J connectivity index is 1.31. The van der Waals surface area contributed by atoms with Crippen LogP contribution in [-0.2, 0) is 0 Å². The van der Waals surface area contributed by atoms with Gasteiger partial charge in [0.15, 0.2) is 0 Å². The van der Waals surface area contributed by atoms with Crippen LogP contribution in [0.3, 0.4) is 0 Å². The van der Waals surface area contributed by atoms with Crippen LogP contribution in [0.4, 0.5) is 11.8 Å². The number of fused-ring (bicyclic) bond motifs is 2. The van der Waals surface area contributed by atoms with Gasteiger partial charge >= 0.3 is 6.01 Å². The van der Waals surface area contributed by atoms with E-state index in [0.29, 0.717) is 40.6 Å². The molecule has 32 heavy (non-hydrogen) atoms. The third-order valence-corrected chi connectivity index (χ3v) is 6.61. The molecule has 3 aromatic rings. The zero-order valence-corrected chi connectivity index (χ0v) is 19.3. The average Bonchev–Trinajstić information content (AvgIpc) is 3.26. The van der Waals surface area contributed by atoms with Crippen LogP contribution in [0.15, 0.2) is 36.7 Å². The van der Waals surface area contributed by atoms with E-state index in [0.717, 1.165) is 24.6 Å². The summed E-state index contributed by atoms with van der Waals surface area (Å²) in [5.41, 5.74) is 0.999. The number of benzene rings is 1. The number of nitrogens with zero attached hydrogens (tertiary/aromatic N) is 6. The first-order valence-electron chi connectivity index (χ1n) is 11.2. The molecule has 3 heterocycles. The minimum Gasteiger partial charge on any atom is -0.424 e. The van der Waals surface area contributed by atoms with E-state index in [-0.39, 0.29) is 6.04 Å². The summed E-state index contributed by atoms with van der Waals surface area (Å²) in [5.74, 6) is 3.37. The fraction of sp³-hybridized carbons (Fsp3) is 0.478. The summed E-state index contributed by atoms with van der Waals surface area (Å²) in [6.45, 7) is 8.10. The van der Waals surface area contributed by atoms with Crippen molar-refractivity contribution in [2.45, 2.75) is 45.7 Å². The molecule has 1 saturated heterocycles. The molecule has 3 atom stereocenters. The number of nitrogens with one attached hydrogen (secondary N) is 1. The van der Waals surface area contributed by atoms with Gasteiger partial charge in [0.05, 0.1) is 6.04 Å². The second-order valence-electron chi connectivity index (χ2n) is 9.00. The number of ether oxygens (including phenoxy) is 1. The fourth-order valence-electron chi connectivity index (χ4n) is 4.79. The Labute approximate surface area is 193 Å². The highest BCUT2D eigenvalue weighted by atomic mass is 35.5. The Morgan fingerprint density at radius 3 is 2.47 bits per heavy atom. The van der Waals surface area contributed by atoms with Crippen LogP contribution >= 0.6 is 11.6 Å². The van der Waals surface area contributed by atoms with Crippen molar-refractivity contribution in [1.29, 1.82) is 0 Å². The van der Waals surface area contributed by atoms with E-state index in [1.165, 1.54) is 12.8 Å². The number of aryl methyl sites for hydroxylation is 1. The fourth-order valence-corrected chi connectivity index (χ4v) is 4.92. The molecule has 1 unspecified atom stereocenters. The van der Waals surface area contributed by atoms with E-state index in [4.69, 9.17) is 21.4 Å². The molecule has 0 spiro atoms. The summed E-state index contributed by atoms with van der Waals surface area (Å²) < 4.78 is 7.84. The Hall–Kier alpha value is -2.87. The molecule has 1 aliphatic heterocycles. The van der Waals surface area contributed by atoms with Crippen LogP contribution < -0.4 is 15.0 Å². The molecular weight excluding hydrogens is 426 g/mol. The number of hydrogen-bond donors (Lipinski definition) is 1. The molecule has 168 valence electrons. The van der Waals surface area contributed by atoms with Gasteiger partial charge in [-0.05, 0) is 69.7 Å². The lowest BCUT2D eigenvalue weighted by Crippen LogP contribution is -2.48. The molecule has 0 amide bonds. The molecule has 2 aromatic heterocycles. The van der Waals surface area contributed by atoms with Crippen molar-refractivity contribution in [2.24, 2.45) is 11.8 Å². The first kappa shape index (κ1) is 21.0. The van der Waals surface area contributed by atoms with Gasteiger partial charge in [0.1, 0.15) is 17.9 Å². The lowest BCUT2D eigenvalue weighted by atomic mass is 9.92. The standard InChI is InChI=1S/C23H28ClN7O/c1-14(2)31-23(32-19-8-6-18(24)7-9-19)28-22(29-31)27-21-16-4-5-17(21)12-30(11-16)20-10-15(3)25-13-26-20/h6-10,13-14,16-17,21H,4-5,11-12H2,1-3H3,(H,27,29)/t16-,17+,21?. The zero-order valence-electron chi connectivity index (χ0n) is 18.6. The van der Waals surface area contributed by atoms with Gasteiger partial charge in [-0.15, -0.1) is 5.10 Å². The third-order valence-electron chi connectivity index (χ3n) is 6.35. The number of rotatable bonds is 6. The van der Waals surface area contributed by atoms with Crippen molar-refractivity contribution in [1.82, 2.24) is 24.7 Å². The van der Waals surface area contributed by atoms with Crippen LogP contribution in [0.25, 0.3) is 0 Å². The van der Waals surface area contributed by atoms with E-state index in [9.17, 15) is 0 Å². The Morgan fingerprint density at radius 2 is 1.81 bits per heavy atom. The van der Waals surface area contributed by atoms with E-state index in [2.05, 4.69) is 45.1 Å². The normalized spacial score (nSPS) is 22.4. The molecule has 2 bridgehead atoms. The second-order valence-corrected chi connectivity index (χ2v) is 9.44. The molecule has 1 N–H and O–H groups in total. The Kier molecular flexibility index (Phi) is 5.63. The summed E-state index contributed by atoms with van der Waals surface area (Å²) in [4.78, 5) is 15.8. The van der Waals surface area contributed by atoms with Crippen molar-refractivity contribution in [2.75, 3.05) is 23.3 Å². The number of halogens is 1. The molecule has 1 aromatic carbocycles. The zero-order chi connectivity index (χ0) is 22.2.